The second-order valence-corrected chi connectivity index (χ2v) is 7.70. The zero-order valence-electron chi connectivity index (χ0n) is 13.9. The van der Waals surface area contributed by atoms with E-state index in [4.69, 9.17) is 4.74 Å². The van der Waals surface area contributed by atoms with Crippen LogP contribution >= 0.6 is 0 Å². The maximum absolute atomic E-state index is 12.6. The normalized spacial score (nSPS) is 35.4. The maximum atomic E-state index is 12.6. The number of amides is 1. The Bertz CT molecular complexity index is 591. The van der Waals surface area contributed by atoms with Crippen LogP contribution in [0.1, 0.15) is 49.6 Å². The first kappa shape index (κ1) is 15.1. The fraction of sp³-hybridized carbons (Fsp3) is 0.765. The molecule has 0 bridgehead atoms. The van der Waals surface area contributed by atoms with Crippen LogP contribution in [0.25, 0.3) is 0 Å². The summed E-state index contributed by atoms with van der Waals surface area (Å²) in [6.07, 6.45) is 5.54. The highest BCUT2D eigenvalue weighted by atomic mass is 16.5. The lowest BCUT2D eigenvalue weighted by Crippen LogP contribution is -2.66. The third-order valence-electron chi connectivity index (χ3n) is 5.87. The Morgan fingerprint density at radius 1 is 1.48 bits per heavy atom. The Balaban J connectivity index is 1.42. The Labute approximate surface area is 137 Å². The van der Waals surface area contributed by atoms with Crippen LogP contribution < -0.4 is 10.6 Å². The third kappa shape index (κ3) is 2.48. The average molecular weight is 318 g/mol. The van der Waals surface area contributed by atoms with Gasteiger partial charge in [0.15, 0.2) is 0 Å². The number of hydrogen-bond acceptors (Lipinski definition) is 4. The van der Waals surface area contributed by atoms with Gasteiger partial charge in [0, 0.05) is 36.7 Å². The average Bonchev–Trinajstić information content (AvgIpc) is 3.21. The van der Waals surface area contributed by atoms with E-state index in [1.165, 1.54) is 0 Å². The predicted molar refractivity (Wildman–Crippen MR) is 86.2 cm³/mol. The molecule has 23 heavy (non-hydrogen) atoms. The molecular weight excluding hydrogens is 292 g/mol. The van der Waals surface area contributed by atoms with Crippen molar-refractivity contribution in [1.29, 1.82) is 0 Å². The quantitative estimate of drug-likeness (QED) is 0.883. The zero-order valence-corrected chi connectivity index (χ0v) is 13.9. The van der Waals surface area contributed by atoms with Crippen LogP contribution in [-0.2, 0) is 4.74 Å². The lowest BCUT2D eigenvalue weighted by molar-refractivity contribution is -0.108. The lowest BCUT2D eigenvalue weighted by Gasteiger charge is -2.54. The van der Waals surface area contributed by atoms with Crippen LogP contribution in [0.5, 0.6) is 0 Å². The second-order valence-electron chi connectivity index (χ2n) is 7.70. The fourth-order valence-electron chi connectivity index (χ4n) is 4.55. The molecule has 1 aromatic rings. The van der Waals surface area contributed by atoms with Crippen LogP contribution in [0.2, 0.25) is 0 Å². The van der Waals surface area contributed by atoms with Crippen LogP contribution in [-0.4, -0.2) is 47.5 Å². The largest absolute Gasteiger partial charge is 0.377 e. The Hall–Kier alpha value is -1.40. The van der Waals surface area contributed by atoms with E-state index in [0.29, 0.717) is 23.8 Å². The summed E-state index contributed by atoms with van der Waals surface area (Å²) < 4.78 is 7.73. The molecule has 3 fully saturated rings. The van der Waals surface area contributed by atoms with Crippen molar-refractivity contribution in [2.45, 2.75) is 51.3 Å². The lowest BCUT2D eigenvalue weighted by atomic mass is 9.57. The number of nitrogens with zero attached hydrogens (tertiary/aromatic N) is 2. The van der Waals surface area contributed by atoms with Gasteiger partial charge in [-0.2, -0.15) is 5.10 Å². The van der Waals surface area contributed by atoms with Gasteiger partial charge in [0.05, 0.1) is 12.1 Å². The molecule has 1 aromatic heterocycles. The highest BCUT2D eigenvalue weighted by molar-refractivity contribution is 5.92. The van der Waals surface area contributed by atoms with Gasteiger partial charge < -0.3 is 15.4 Å². The molecule has 1 amide bonds. The van der Waals surface area contributed by atoms with Gasteiger partial charge in [0.25, 0.3) is 5.91 Å². The Morgan fingerprint density at radius 3 is 3.13 bits per heavy atom. The molecule has 1 saturated carbocycles. The number of carbonyl (C=O) groups is 1. The Morgan fingerprint density at radius 2 is 2.35 bits per heavy atom. The van der Waals surface area contributed by atoms with E-state index in [0.717, 1.165) is 39.0 Å². The van der Waals surface area contributed by atoms with Gasteiger partial charge in [-0.3, -0.25) is 9.48 Å². The topological polar surface area (TPSA) is 68.2 Å². The van der Waals surface area contributed by atoms with E-state index in [2.05, 4.69) is 29.6 Å². The van der Waals surface area contributed by atoms with Gasteiger partial charge >= 0.3 is 0 Å². The Kier molecular flexibility index (Phi) is 3.69. The van der Waals surface area contributed by atoms with Crippen molar-refractivity contribution in [3.8, 4) is 0 Å². The zero-order chi connectivity index (χ0) is 16.0. The maximum Gasteiger partial charge on any atom is 0.272 e. The van der Waals surface area contributed by atoms with E-state index < -0.39 is 0 Å². The van der Waals surface area contributed by atoms with Crippen molar-refractivity contribution in [2.24, 2.45) is 11.3 Å². The van der Waals surface area contributed by atoms with Gasteiger partial charge in [0.2, 0.25) is 0 Å². The third-order valence-corrected chi connectivity index (χ3v) is 5.87. The second kappa shape index (κ2) is 5.60. The van der Waals surface area contributed by atoms with E-state index >= 15 is 0 Å². The van der Waals surface area contributed by atoms with E-state index in [9.17, 15) is 4.79 Å². The molecule has 126 valence electrons. The van der Waals surface area contributed by atoms with Crippen molar-refractivity contribution >= 4 is 5.91 Å². The molecule has 4 atom stereocenters. The number of piperidine rings is 1. The summed E-state index contributed by atoms with van der Waals surface area (Å²) in [5.74, 6) is 0.398. The first-order valence-corrected chi connectivity index (χ1v) is 8.76. The van der Waals surface area contributed by atoms with Gasteiger partial charge in [-0.05, 0) is 31.9 Å². The molecule has 2 N–H and O–H groups in total. The van der Waals surface area contributed by atoms with Gasteiger partial charge in [-0.1, -0.05) is 13.8 Å². The number of carbonyl (C=O) groups excluding carboxylic acids is 1. The molecule has 3 heterocycles. The van der Waals surface area contributed by atoms with Gasteiger partial charge in [-0.25, -0.2) is 0 Å². The minimum Gasteiger partial charge on any atom is -0.377 e. The molecule has 1 aliphatic carbocycles. The fourth-order valence-corrected chi connectivity index (χ4v) is 4.55. The van der Waals surface area contributed by atoms with Crippen molar-refractivity contribution in [3.63, 3.8) is 0 Å². The van der Waals surface area contributed by atoms with Crippen LogP contribution in [0.4, 0.5) is 0 Å². The molecule has 3 aliphatic rings. The molecule has 0 spiro atoms. The van der Waals surface area contributed by atoms with Crippen molar-refractivity contribution in [1.82, 2.24) is 20.4 Å². The summed E-state index contributed by atoms with van der Waals surface area (Å²) in [6.45, 7) is 7.17. The molecule has 2 aliphatic heterocycles. The van der Waals surface area contributed by atoms with E-state index in [-0.39, 0.29) is 17.4 Å². The molecule has 2 saturated heterocycles. The summed E-state index contributed by atoms with van der Waals surface area (Å²) in [6, 6.07) is 2.38. The molecule has 6 nitrogen and oxygen atoms in total. The number of nitrogens with one attached hydrogen (secondary N) is 2. The van der Waals surface area contributed by atoms with Gasteiger partial charge in [-0.15, -0.1) is 0 Å². The summed E-state index contributed by atoms with van der Waals surface area (Å²) in [4.78, 5) is 12.6. The van der Waals surface area contributed by atoms with E-state index in [1.807, 2.05) is 16.9 Å². The molecule has 6 heteroatoms. The van der Waals surface area contributed by atoms with Gasteiger partial charge in [0.1, 0.15) is 5.69 Å². The van der Waals surface area contributed by atoms with Crippen LogP contribution in [0.15, 0.2) is 12.3 Å². The van der Waals surface area contributed by atoms with Crippen LogP contribution in [0.3, 0.4) is 0 Å². The van der Waals surface area contributed by atoms with Crippen molar-refractivity contribution < 1.29 is 9.53 Å². The first-order valence-electron chi connectivity index (χ1n) is 8.76. The van der Waals surface area contributed by atoms with Crippen molar-refractivity contribution in [2.75, 3.05) is 19.7 Å². The molecule has 4 unspecified atom stereocenters. The predicted octanol–water partition coefficient (Wildman–Crippen LogP) is 1.35. The highest BCUT2D eigenvalue weighted by Crippen LogP contribution is 2.52. The summed E-state index contributed by atoms with van der Waals surface area (Å²) in [5, 5.41) is 11.1. The summed E-state index contributed by atoms with van der Waals surface area (Å²) in [5.41, 5.74) is 0.529. The first-order chi connectivity index (χ1) is 11.1. The minimum atomic E-state index is -0.0593. The number of ether oxygens (including phenoxy) is 1. The summed E-state index contributed by atoms with van der Waals surface area (Å²) in [7, 11) is 0. The molecule has 0 aromatic carbocycles. The van der Waals surface area contributed by atoms with E-state index in [1.54, 1.807) is 0 Å². The van der Waals surface area contributed by atoms with Crippen molar-refractivity contribution in [3.05, 3.63) is 18.0 Å². The molecule has 4 rings (SSSR count). The SMILES string of the molecule is CC1(C)C(NC(=O)c2ccn(C3CCCNC3)n2)C2CCOC21. The molecular formula is C17H26N4O2. The number of aromatic nitrogens is 2. The number of rotatable bonds is 3. The standard InChI is InChI=1S/C17H26N4O2/c1-17(2)14(12-6-9-23-15(12)17)19-16(22)13-5-8-21(20-13)11-4-3-7-18-10-11/h5,8,11-12,14-15,18H,3-4,6-7,9-10H2,1-2H3,(H,19,22). The number of hydrogen-bond donors (Lipinski definition) is 2. The highest BCUT2D eigenvalue weighted by Gasteiger charge is 2.59. The smallest absolute Gasteiger partial charge is 0.272 e. The monoisotopic (exact) mass is 318 g/mol. The number of fused-ring (bicyclic) bond motifs is 1. The minimum absolute atomic E-state index is 0.00663. The summed E-state index contributed by atoms with van der Waals surface area (Å²) >= 11 is 0. The van der Waals surface area contributed by atoms with Crippen LogP contribution in [0, 0.1) is 11.3 Å². The molecule has 0 radical (unpaired) electrons.